The molecule has 2 saturated heterocycles. The Balaban J connectivity index is 1.03. The van der Waals surface area contributed by atoms with Crippen molar-refractivity contribution < 1.29 is 29.0 Å². The van der Waals surface area contributed by atoms with Crippen molar-refractivity contribution in [2.45, 2.75) is 84.0 Å². The van der Waals surface area contributed by atoms with Crippen LogP contribution in [0.5, 0.6) is 0 Å². The van der Waals surface area contributed by atoms with Gasteiger partial charge < -0.3 is 40.2 Å². The molecule has 57 heavy (non-hydrogen) atoms. The number of H-pyrrole nitrogens is 2. The van der Waals surface area contributed by atoms with Crippen LogP contribution in [0.25, 0.3) is 33.2 Å². The van der Waals surface area contributed by atoms with Crippen LogP contribution in [0, 0.1) is 11.8 Å². The van der Waals surface area contributed by atoms with Crippen LogP contribution in [-0.2, 0) is 25.5 Å². The van der Waals surface area contributed by atoms with Gasteiger partial charge in [-0.05, 0) is 90.5 Å². The summed E-state index contributed by atoms with van der Waals surface area (Å²) in [5, 5.41) is 14.6. The number of aromatic nitrogens is 4. The van der Waals surface area contributed by atoms with Crippen LogP contribution >= 0.6 is 0 Å². The van der Waals surface area contributed by atoms with Crippen molar-refractivity contribution in [2.75, 3.05) is 26.8 Å². The van der Waals surface area contributed by atoms with Crippen molar-refractivity contribution in [3.63, 3.8) is 0 Å². The molecule has 4 atom stereocenters. The zero-order valence-electron chi connectivity index (χ0n) is 33.2. The van der Waals surface area contributed by atoms with Gasteiger partial charge in [0, 0.05) is 13.1 Å². The Morgan fingerprint density at radius 2 is 1.25 bits per heavy atom. The van der Waals surface area contributed by atoms with Gasteiger partial charge in [-0.25, -0.2) is 14.8 Å². The highest BCUT2D eigenvalue weighted by Gasteiger charge is 2.39. The van der Waals surface area contributed by atoms with Gasteiger partial charge in [0.25, 0.3) is 0 Å². The van der Waals surface area contributed by atoms with Crippen molar-refractivity contribution in [1.29, 1.82) is 0 Å². The minimum Gasteiger partial charge on any atom is -0.453 e. The maximum Gasteiger partial charge on any atom is 0.407 e. The number of hydrogen-bond donors (Lipinski definition) is 5. The van der Waals surface area contributed by atoms with E-state index in [9.17, 15) is 24.3 Å². The summed E-state index contributed by atoms with van der Waals surface area (Å²) in [7, 11) is 1.29. The molecule has 7 rings (SSSR count). The summed E-state index contributed by atoms with van der Waals surface area (Å²) in [6.45, 7) is 8.08. The van der Waals surface area contributed by atoms with Gasteiger partial charge in [0.05, 0.1) is 41.3 Å². The summed E-state index contributed by atoms with van der Waals surface area (Å²) in [4.78, 5) is 71.4. The summed E-state index contributed by atoms with van der Waals surface area (Å²) >= 11 is 0. The Morgan fingerprint density at radius 1 is 0.737 bits per heavy atom. The lowest BCUT2D eigenvalue weighted by Gasteiger charge is -2.30. The first-order chi connectivity index (χ1) is 27.4. The molecule has 4 amide bonds. The second-order valence-corrected chi connectivity index (χ2v) is 15.9. The number of aromatic amines is 2. The van der Waals surface area contributed by atoms with Crippen LogP contribution in [0.1, 0.15) is 88.2 Å². The summed E-state index contributed by atoms with van der Waals surface area (Å²) in [6, 6.07) is 19.0. The normalized spacial score (nSPS) is 18.1. The number of nitrogens with zero attached hydrogens (tertiary/aromatic N) is 4. The summed E-state index contributed by atoms with van der Waals surface area (Å²) in [5.74, 6) is 0.368. The zero-order chi connectivity index (χ0) is 40.4. The fraction of sp³-hybridized carbons (Fsp3) is 0.442. The quantitative estimate of drug-likeness (QED) is 0.109. The molecule has 300 valence electrons. The second kappa shape index (κ2) is 16.8. The van der Waals surface area contributed by atoms with Gasteiger partial charge in [-0.3, -0.25) is 14.4 Å². The van der Waals surface area contributed by atoms with Crippen molar-refractivity contribution in [2.24, 2.45) is 11.8 Å². The Hall–Kier alpha value is -5.76. The molecule has 2 fully saturated rings. The summed E-state index contributed by atoms with van der Waals surface area (Å²) in [5.41, 5.74) is 7.86. The molecule has 5 aromatic rings. The number of amides is 4. The average Bonchev–Trinajstić information content (AvgIpc) is 4.03. The van der Waals surface area contributed by atoms with Gasteiger partial charge in [0.1, 0.15) is 30.3 Å². The number of likely N-dealkylation sites (tertiary alicyclic amines) is 2. The van der Waals surface area contributed by atoms with Crippen LogP contribution in [-0.4, -0.2) is 97.5 Å². The summed E-state index contributed by atoms with van der Waals surface area (Å²) in [6.07, 6.45) is 3.34. The molecule has 4 heterocycles. The number of fused-ring (bicyclic) bond motifs is 2. The third-order valence-electron chi connectivity index (χ3n) is 11.2. The highest BCUT2D eigenvalue weighted by atomic mass is 16.5. The maximum absolute atomic E-state index is 13.6. The van der Waals surface area contributed by atoms with E-state index in [0.717, 1.165) is 88.1 Å². The van der Waals surface area contributed by atoms with Gasteiger partial charge in [-0.1, -0.05) is 64.1 Å². The molecule has 0 saturated carbocycles. The Kier molecular flexibility index (Phi) is 11.6. The molecule has 0 aliphatic carbocycles. The van der Waals surface area contributed by atoms with E-state index in [0.29, 0.717) is 13.1 Å². The number of nitrogens with one attached hydrogen (secondary N) is 4. The highest BCUT2D eigenvalue weighted by Crippen LogP contribution is 2.35. The number of aliphatic hydroxyl groups excluding tert-OH is 1. The number of alkyl carbamates (subject to hydrolysis) is 1. The highest BCUT2D eigenvalue weighted by molar-refractivity contribution is 5.89. The van der Waals surface area contributed by atoms with Crippen molar-refractivity contribution in [3.05, 3.63) is 83.4 Å². The van der Waals surface area contributed by atoms with Crippen molar-refractivity contribution in [1.82, 2.24) is 40.4 Å². The van der Waals surface area contributed by atoms with Gasteiger partial charge in [-0.2, -0.15) is 0 Å². The molecule has 0 radical (unpaired) electrons. The first-order valence-corrected chi connectivity index (χ1v) is 19.9. The monoisotopic (exact) mass is 776 g/mol. The van der Waals surface area contributed by atoms with Gasteiger partial charge in [0.15, 0.2) is 0 Å². The standard InChI is InChI=1S/C43H52N8O6/c1-24(2)37(48-36(53)23-52)41(54)50-18-6-8-34(50)39-44-30-16-12-27(21-32(30)46-39)20-26-10-13-28(14-11-26)29-15-17-31-33(22-29)47-40(45-31)35-9-7-19-51(35)42(55)38(25(3)4)49-43(56)57-5/h10-17,21-22,24-25,34-35,37-38,52H,6-9,18-20,23H2,1-5H3,(H,44,46)(H,45,47)(H,48,53)(H,49,56). The number of rotatable bonds is 12. The number of carbonyl (C=O) groups excluding carboxylic acids is 4. The largest absolute Gasteiger partial charge is 0.453 e. The molecule has 2 aliphatic heterocycles. The minimum atomic E-state index is -0.719. The number of carbonyl (C=O) groups is 4. The van der Waals surface area contributed by atoms with Gasteiger partial charge in [0.2, 0.25) is 17.7 Å². The van der Waals surface area contributed by atoms with E-state index < -0.39 is 30.7 Å². The molecule has 14 heteroatoms. The van der Waals surface area contributed by atoms with E-state index in [-0.39, 0.29) is 35.7 Å². The third kappa shape index (κ3) is 8.36. The van der Waals surface area contributed by atoms with E-state index in [1.54, 1.807) is 4.90 Å². The predicted octanol–water partition coefficient (Wildman–Crippen LogP) is 5.54. The number of hydrogen-bond acceptors (Lipinski definition) is 8. The average molecular weight is 777 g/mol. The molecule has 5 N–H and O–H groups in total. The lowest BCUT2D eigenvalue weighted by Crippen LogP contribution is -2.51. The predicted molar refractivity (Wildman–Crippen MR) is 216 cm³/mol. The molecule has 14 nitrogen and oxygen atoms in total. The number of benzene rings is 3. The van der Waals surface area contributed by atoms with Crippen molar-refractivity contribution in [3.8, 4) is 11.1 Å². The van der Waals surface area contributed by atoms with Crippen LogP contribution in [0.4, 0.5) is 4.79 Å². The number of ether oxygens (including phenoxy) is 1. The molecular formula is C43H52N8O6. The Bertz CT molecular complexity index is 2260. The van der Waals surface area contributed by atoms with Crippen molar-refractivity contribution >= 4 is 45.9 Å². The van der Waals surface area contributed by atoms with E-state index >= 15 is 0 Å². The Morgan fingerprint density at radius 3 is 1.79 bits per heavy atom. The maximum atomic E-state index is 13.6. The SMILES string of the molecule is COC(=O)NC(C(=O)N1CCCC1c1nc2ccc(-c3ccc(Cc4ccc5nc(C6CCCN6C(=O)C(NC(=O)CO)C(C)C)[nH]c5c4)cc3)cc2[nH]1)C(C)C. The van der Waals surface area contributed by atoms with Gasteiger partial charge >= 0.3 is 6.09 Å². The van der Waals surface area contributed by atoms with E-state index in [1.165, 1.54) is 7.11 Å². The molecule has 0 spiro atoms. The Labute approximate surface area is 331 Å². The smallest absolute Gasteiger partial charge is 0.407 e. The molecule has 4 unspecified atom stereocenters. The van der Waals surface area contributed by atoms with Crippen LogP contribution in [0.2, 0.25) is 0 Å². The first-order valence-electron chi connectivity index (χ1n) is 19.9. The molecule has 2 aromatic heterocycles. The fourth-order valence-electron chi connectivity index (χ4n) is 8.18. The lowest BCUT2D eigenvalue weighted by molar-refractivity contribution is -0.139. The topological polar surface area (TPSA) is 186 Å². The third-order valence-corrected chi connectivity index (χ3v) is 11.2. The number of imidazole rings is 2. The fourth-order valence-corrected chi connectivity index (χ4v) is 8.18. The van der Waals surface area contributed by atoms with Crippen LogP contribution in [0.15, 0.2) is 60.7 Å². The number of methoxy groups -OCH3 is 1. The molecule has 0 bridgehead atoms. The van der Waals surface area contributed by atoms with E-state index in [4.69, 9.17) is 14.7 Å². The first kappa shape index (κ1) is 39.5. The van der Waals surface area contributed by atoms with E-state index in [1.807, 2.05) is 44.7 Å². The van der Waals surface area contributed by atoms with Crippen LogP contribution < -0.4 is 10.6 Å². The molecular weight excluding hydrogens is 725 g/mol. The zero-order valence-corrected chi connectivity index (χ0v) is 33.2. The summed E-state index contributed by atoms with van der Waals surface area (Å²) < 4.78 is 4.77. The molecule has 2 aliphatic rings. The van der Waals surface area contributed by atoms with Crippen LogP contribution in [0.3, 0.4) is 0 Å². The van der Waals surface area contributed by atoms with E-state index in [2.05, 4.69) is 69.1 Å². The number of aliphatic hydroxyl groups is 1. The minimum absolute atomic E-state index is 0.107. The second-order valence-electron chi connectivity index (χ2n) is 15.9. The van der Waals surface area contributed by atoms with Gasteiger partial charge in [-0.15, -0.1) is 0 Å². The molecule has 3 aromatic carbocycles. The lowest BCUT2D eigenvalue weighted by atomic mass is 10.00.